The van der Waals surface area contributed by atoms with Gasteiger partial charge in [-0.25, -0.2) is 0 Å². The van der Waals surface area contributed by atoms with Crippen LogP contribution < -0.4 is 0 Å². The van der Waals surface area contributed by atoms with Crippen molar-refractivity contribution in [2.75, 3.05) is 19.7 Å². The van der Waals surface area contributed by atoms with Gasteiger partial charge < -0.3 is 25.5 Å². The van der Waals surface area contributed by atoms with Gasteiger partial charge in [-0.05, 0) is 12.0 Å². The van der Waals surface area contributed by atoms with Crippen molar-refractivity contribution in [3.63, 3.8) is 0 Å². The van der Waals surface area contributed by atoms with Crippen molar-refractivity contribution >= 4 is 6.08 Å². The predicted octanol–water partition coefficient (Wildman–Crippen LogP) is -0.790. The monoisotopic (exact) mass is 323 g/mol. The van der Waals surface area contributed by atoms with Gasteiger partial charge in [0, 0.05) is 19.7 Å². The molecule has 0 bridgehead atoms. The van der Waals surface area contributed by atoms with Gasteiger partial charge in [0.2, 0.25) is 0 Å². The normalized spacial score (nSPS) is 30.7. The van der Waals surface area contributed by atoms with Crippen molar-refractivity contribution in [3.05, 3.63) is 42.0 Å². The topological polar surface area (TPSA) is 104 Å². The molecule has 23 heavy (non-hydrogen) atoms. The highest BCUT2D eigenvalue weighted by Gasteiger charge is 2.43. The number of likely N-dealkylation sites (tertiary alicyclic amines) is 1. The molecule has 2 rings (SSSR count). The molecule has 5 N–H and O–H groups in total. The van der Waals surface area contributed by atoms with Gasteiger partial charge in [-0.1, -0.05) is 42.5 Å². The Hall–Kier alpha value is -1.28. The first kappa shape index (κ1) is 18.1. The standard InChI is InChI=1S/C17H25NO5/c19-10-8-13(20)15-17(23)16(22)14(21)11-18(15)9-4-7-12-5-2-1-3-6-12/h1-7,13-17,19-23H,8-11H2/t13-,14+,15+,16+,17-/m1/s1. The second-order valence-corrected chi connectivity index (χ2v) is 5.89. The molecule has 0 unspecified atom stereocenters. The Bertz CT molecular complexity index is 495. The van der Waals surface area contributed by atoms with E-state index in [2.05, 4.69) is 0 Å². The average molecular weight is 323 g/mol. The van der Waals surface area contributed by atoms with E-state index in [1.807, 2.05) is 42.5 Å². The third-order valence-corrected chi connectivity index (χ3v) is 4.21. The zero-order valence-electron chi connectivity index (χ0n) is 12.9. The molecule has 5 atom stereocenters. The van der Waals surface area contributed by atoms with Crippen LogP contribution in [0.3, 0.4) is 0 Å². The Labute approximate surface area is 135 Å². The molecule has 6 nitrogen and oxygen atoms in total. The zero-order chi connectivity index (χ0) is 16.8. The summed E-state index contributed by atoms with van der Waals surface area (Å²) in [6, 6.07) is 8.96. The van der Waals surface area contributed by atoms with Crippen LogP contribution in [-0.4, -0.2) is 80.6 Å². The molecule has 1 aliphatic heterocycles. The highest BCUT2D eigenvalue weighted by Crippen LogP contribution is 2.23. The van der Waals surface area contributed by atoms with Crippen LogP contribution in [0, 0.1) is 0 Å². The highest BCUT2D eigenvalue weighted by molar-refractivity contribution is 5.48. The number of benzene rings is 1. The molecule has 128 valence electrons. The molecule has 1 heterocycles. The Morgan fingerprint density at radius 1 is 1.13 bits per heavy atom. The third kappa shape index (κ3) is 4.60. The molecule has 1 saturated heterocycles. The lowest BCUT2D eigenvalue weighted by molar-refractivity contribution is -0.158. The molecular formula is C17H25NO5. The van der Waals surface area contributed by atoms with Crippen LogP contribution in [0.1, 0.15) is 12.0 Å². The van der Waals surface area contributed by atoms with Crippen molar-refractivity contribution in [2.45, 2.75) is 36.9 Å². The summed E-state index contributed by atoms with van der Waals surface area (Å²) in [5, 5.41) is 49.0. The van der Waals surface area contributed by atoms with E-state index in [4.69, 9.17) is 5.11 Å². The molecule has 1 aliphatic rings. The van der Waals surface area contributed by atoms with E-state index in [-0.39, 0.29) is 19.6 Å². The maximum atomic E-state index is 10.2. The number of rotatable bonds is 6. The summed E-state index contributed by atoms with van der Waals surface area (Å²) in [6.45, 7) is 0.337. The summed E-state index contributed by atoms with van der Waals surface area (Å²) < 4.78 is 0. The SMILES string of the molecule is OCC[C@@H](O)[C@H]1[C@@H](O)[C@@H](O)[C@@H](O)CN1CC=Cc1ccccc1. The van der Waals surface area contributed by atoms with Crippen LogP contribution >= 0.6 is 0 Å². The minimum absolute atomic E-state index is 0.101. The molecule has 1 fully saturated rings. The van der Waals surface area contributed by atoms with Gasteiger partial charge in [0.05, 0.1) is 18.2 Å². The lowest BCUT2D eigenvalue weighted by Crippen LogP contribution is -2.64. The maximum absolute atomic E-state index is 10.2. The number of aliphatic hydroxyl groups is 5. The molecule has 6 heteroatoms. The van der Waals surface area contributed by atoms with Crippen LogP contribution in [0.15, 0.2) is 36.4 Å². The largest absolute Gasteiger partial charge is 0.396 e. The summed E-state index contributed by atoms with van der Waals surface area (Å²) in [5.41, 5.74) is 1.03. The molecular weight excluding hydrogens is 298 g/mol. The summed E-state index contributed by atoms with van der Waals surface area (Å²) in [4.78, 5) is 1.72. The van der Waals surface area contributed by atoms with Gasteiger partial charge >= 0.3 is 0 Å². The minimum atomic E-state index is -1.30. The van der Waals surface area contributed by atoms with E-state index in [1.54, 1.807) is 4.90 Å². The lowest BCUT2D eigenvalue weighted by Gasteiger charge is -2.45. The smallest absolute Gasteiger partial charge is 0.109 e. The van der Waals surface area contributed by atoms with E-state index in [0.717, 1.165) is 5.56 Å². The van der Waals surface area contributed by atoms with E-state index in [0.29, 0.717) is 6.54 Å². The van der Waals surface area contributed by atoms with Crippen LogP contribution in [-0.2, 0) is 0 Å². The van der Waals surface area contributed by atoms with Gasteiger partial charge in [0.15, 0.2) is 0 Å². The minimum Gasteiger partial charge on any atom is -0.396 e. The first-order valence-corrected chi connectivity index (χ1v) is 7.83. The number of hydrogen-bond donors (Lipinski definition) is 5. The van der Waals surface area contributed by atoms with E-state index >= 15 is 0 Å². The first-order chi connectivity index (χ1) is 11.0. The fourth-order valence-corrected chi connectivity index (χ4v) is 2.97. The van der Waals surface area contributed by atoms with Gasteiger partial charge in [0.1, 0.15) is 12.2 Å². The number of β-amino-alcohol motifs (C(OH)–C–C–N with tert-alkyl or cyclic N) is 1. The molecule has 1 aromatic carbocycles. The molecule has 1 aromatic rings. The summed E-state index contributed by atoms with van der Waals surface area (Å²) >= 11 is 0. The number of nitrogens with zero attached hydrogens (tertiary/aromatic N) is 1. The van der Waals surface area contributed by atoms with E-state index in [9.17, 15) is 20.4 Å². The third-order valence-electron chi connectivity index (χ3n) is 4.21. The Morgan fingerprint density at radius 2 is 1.83 bits per heavy atom. The van der Waals surface area contributed by atoms with Gasteiger partial charge in [0.25, 0.3) is 0 Å². The second-order valence-electron chi connectivity index (χ2n) is 5.89. The molecule has 0 saturated carbocycles. The van der Waals surface area contributed by atoms with Crippen LogP contribution in [0.2, 0.25) is 0 Å². The average Bonchev–Trinajstić information content (AvgIpc) is 2.54. The number of aliphatic hydroxyl groups excluding tert-OH is 5. The number of piperidine rings is 1. The van der Waals surface area contributed by atoms with Crippen LogP contribution in [0.5, 0.6) is 0 Å². The van der Waals surface area contributed by atoms with Gasteiger partial charge in [-0.3, -0.25) is 4.90 Å². The van der Waals surface area contributed by atoms with Crippen molar-refractivity contribution in [1.82, 2.24) is 4.90 Å². The fourth-order valence-electron chi connectivity index (χ4n) is 2.97. The summed E-state index contributed by atoms with van der Waals surface area (Å²) in [7, 11) is 0. The van der Waals surface area contributed by atoms with Crippen LogP contribution in [0.25, 0.3) is 6.08 Å². The predicted molar refractivity (Wildman–Crippen MR) is 86.6 cm³/mol. The summed E-state index contributed by atoms with van der Waals surface area (Å²) in [6.07, 6.45) is -0.739. The molecule has 0 aromatic heterocycles. The second kappa shape index (κ2) is 8.54. The maximum Gasteiger partial charge on any atom is 0.109 e. The fraction of sp³-hybridized carbons (Fsp3) is 0.529. The molecule has 0 radical (unpaired) electrons. The summed E-state index contributed by atoms with van der Waals surface area (Å²) in [5.74, 6) is 0. The highest BCUT2D eigenvalue weighted by atomic mass is 16.4. The molecule has 0 amide bonds. The van der Waals surface area contributed by atoms with Crippen molar-refractivity contribution in [1.29, 1.82) is 0 Å². The lowest BCUT2D eigenvalue weighted by atomic mass is 9.89. The molecule has 0 spiro atoms. The Morgan fingerprint density at radius 3 is 2.48 bits per heavy atom. The van der Waals surface area contributed by atoms with Crippen molar-refractivity contribution in [3.8, 4) is 0 Å². The number of hydrogen-bond acceptors (Lipinski definition) is 6. The Kier molecular flexibility index (Phi) is 6.71. The van der Waals surface area contributed by atoms with E-state index in [1.165, 1.54) is 0 Å². The van der Waals surface area contributed by atoms with Gasteiger partial charge in [-0.2, -0.15) is 0 Å². The quantitative estimate of drug-likeness (QED) is 0.470. The van der Waals surface area contributed by atoms with Crippen molar-refractivity contribution < 1.29 is 25.5 Å². The molecule has 0 aliphatic carbocycles. The first-order valence-electron chi connectivity index (χ1n) is 7.83. The van der Waals surface area contributed by atoms with E-state index < -0.39 is 30.5 Å². The Balaban J connectivity index is 2.07. The van der Waals surface area contributed by atoms with Crippen LogP contribution in [0.4, 0.5) is 0 Å². The van der Waals surface area contributed by atoms with Crippen molar-refractivity contribution in [2.24, 2.45) is 0 Å². The van der Waals surface area contributed by atoms with Gasteiger partial charge in [-0.15, -0.1) is 0 Å². The zero-order valence-corrected chi connectivity index (χ0v) is 12.9.